The van der Waals surface area contributed by atoms with E-state index in [-0.39, 0.29) is 5.56 Å². The third-order valence-corrected chi connectivity index (χ3v) is 3.76. The van der Waals surface area contributed by atoms with Crippen molar-refractivity contribution in [1.29, 1.82) is 0 Å². The second-order valence-electron chi connectivity index (χ2n) is 5.16. The molecule has 0 fully saturated rings. The Labute approximate surface area is 117 Å². The number of carboxylic acid groups (broad SMARTS) is 1. The maximum atomic E-state index is 11.1. The van der Waals surface area contributed by atoms with Crippen molar-refractivity contribution in [1.82, 2.24) is 4.98 Å². The van der Waals surface area contributed by atoms with Crippen molar-refractivity contribution in [3.63, 3.8) is 0 Å². The van der Waals surface area contributed by atoms with Crippen LogP contribution in [0.4, 0.5) is 11.5 Å². The fraction of sp³-hybridized carbons (Fsp3) is 0.250. The zero-order chi connectivity index (χ0) is 14.3. The van der Waals surface area contributed by atoms with Crippen molar-refractivity contribution in [3.05, 3.63) is 53.2 Å². The number of fused-ring (bicyclic) bond motifs is 1. The molecule has 1 N–H and O–H groups in total. The number of aromatic nitrogens is 1. The number of aromatic carboxylic acids is 1. The molecule has 102 valence electrons. The molecule has 0 spiro atoms. The van der Waals surface area contributed by atoms with E-state index in [0.717, 1.165) is 17.9 Å². The molecule has 20 heavy (non-hydrogen) atoms. The average Bonchev–Trinajstić information content (AvgIpc) is 2.73. The first-order valence-electron chi connectivity index (χ1n) is 6.66. The van der Waals surface area contributed by atoms with E-state index in [1.54, 1.807) is 19.1 Å². The number of rotatable bonds is 2. The molecule has 0 saturated heterocycles. The van der Waals surface area contributed by atoms with E-state index in [0.29, 0.717) is 11.7 Å². The van der Waals surface area contributed by atoms with Gasteiger partial charge in [-0.2, -0.15) is 0 Å². The lowest BCUT2D eigenvalue weighted by Gasteiger charge is -2.24. The van der Waals surface area contributed by atoms with Crippen molar-refractivity contribution in [2.24, 2.45) is 0 Å². The number of pyridine rings is 1. The van der Waals surface area contributed by atoms with Gasteiger partial charge in [0.05, 0.1) is 11.3 Å². The lowest BCUT2D eigenvalue weighted by atomic mass is 10.1. The van der Waals surface area contributed by atoms with Crippen LogP contribution in [0.1, 0.15) is 28.5 Å². The second-order valence-corrected chi connectivity index (χ2v) is 5.16. The summed E-state index contributed by atoms with van der Waals surface area (Å²) in [4.78, 5) is 17.7. The van der Waals surface area contributed by atoms with Crippen LogP contribution in [0.15, 0.2) is 36.4 Å². The Balaban J connectivity index is 2.06. The molecule has 0 radical (unpaired) electrons. The molecular formula is C16H16N2O2. The molecular weight excluding hydrogens is 252 g/mol. The van der Waals surface area contributed by atoms with E-state index >= 15 is 0 Å². The normalized spacial score (nSPS) is 17.1. The van der Waals surface area contributed by atoms with Gasteiger partial charge >= 0.3 is 5.97 Å². The summed E-state index contributed by atoms with van der Waals surface area (Å²) in [7, 11) is 0. The van der Waals surface area contributed by atoms with Gasteiger partial charge < -0.3 is 10.0 Å². The highest BCUT2D eigenvalue weighted by atomic mass is 16.4. The smallest absolute Gasteiger partial charge is 0.337 e. The van der Waals surface area contributed by atoms with Gasteiger partial charge in [-0.3, -0.25) is 0 Å². The molecule has 1 unspecified atom stereocenters. The highest BCUT2D eigenvalue weighted by Crippen LogP contribution is 2.37. The minimum atomic E-state index is -0.934. The SMILES string of the molecule is Cc1nc(N2c3ccccc3CC2C)ccc1C(=O)O. The molecule has 2 heterocycles. The molecule has 1 atom stereocenters. The van der Waals surface area contributed by atoms with Crippen molar-refractivity contribution >= 4 is 17.5 Å². The lowest BCUT2D eigenvalue weighted by Crippen LogP contribution is -2.25. The number of hydrogen-bond donors (Lipinski definition) is 1. The van der Waals surface area contributed by atoms with Gasteiger partial charge in [0.15, 0.2) is 0 Å². The van der Waals surface area contributed by atoms with E-state index in [2.05, 4.69) is 28.9 Å². The van der Waals surface area contributed by atoms with E-state index < -0.39 is 5.97 Å². The Morgan fingerprint density at radius 2 is 2.05 bits per heavy atom. The van der Waals surface area contributed by atoms with Crippen LogP contribution in [-0.2, 0) is 6.42 Å². The molecule has 4 nitrogen and oxygen atoms in total. The van der Waals surface area contributed by atoms with Gasteiger partial charge in [-0.1, -0.05) is 18.2 Å². The standard InChI is InChI=1S/C16H16N2O2/c1-10-9-12-5-3-4-6-14(12)18(10)15-8-7-13(16(19)20)11(2)17-15/h3-8,10H,9H2,1-2H3,(H,19,20). The predicted octanol–water partition coefficient (Wildman–Crippen LogP) is 3.17. The summed E-state index contributed by atoms with van der Waals surface area (Å²) in [5.41, 5.74) is 3.28. The van der Waals surface area contributed by atoms with Crippen molar-refractivity contribution < 1.29 is 9.90 Å². The minimum absolute atomic E-state index is 0.258. The zero-order valence-corrected chi connectivity index (χ0v) is 11.5. The van der Waals surface area contributed by atoms with E-state index in [1.165, 1.54) is 5.56 Å². The lowest BCUT2D eigenvalue weighted by molar-refractivity contribution is 0.0695. The van der Waals surface area contributed by atoms with Gasteiger partial charge in [0.2, 0.25) is 0 Å². The molecule has 0 aliphatic carbocycles. The van der Waals surface area contributed by atoms with Crippen molar-refractivity contribution in [3.8, 4) is 0 Å². The topological polar surface area (TPSA) is 53.4 Å². The first-order chi connectivity index (χ1) is 9.58. The maximum absolute atomic E-state index is 11.1. The number of carbonyl (C=O) groups is 1. The highest BCUT2D eigenvalue weighted by Gasteiger charge is 2.28. The van der Waals surface area contributed by atoms with Crippen LogP contribution in [0.5, 0.6) is 0 Å². The van der Waals surface area contributed by atoms with Crippen LogP contribution in [0.2, 0.25) is 0 Å². The third kappa shape index (κ3) is 1.93. The number of hydrogen-bond acceptors (Lipinski definition) is 3. The van der Waals surface area contributed by atoms with Crippen molar-refractivity contribution in [2.45, 2.75) is 26.3 Å². The molecule has 2 aromatic rings. The molecule has 0 bridgehead atoms. The van der Waals surface area contributed by atoms with E-state index in [4.69, 9.17) is 5.11 Å². The first-order valence-corrected chi connectivity index (χ1v) is 6.66. The summed E-state index contributed by atoms with van der Waals surface area (Å²) in [5.74, 6) is -0.124. The average molecular weight is 268 g/mol. The fourth-order valence-corrected chi connectivity index (χ4v) is 2.82. The number of para-hydroxylation sites is 1. The summed E-state index contributed by atoms with van der Waals surface area (Å²) in [6.07, 6.45) is 0.984. The second kappa shape index (κ2) is 4.63. The molecule has 1 aliphatic heterocycles. The molecule has 1 aromatic carbocycles. The Morgan fingerprint density at radius 3 is 2.75 bits per heavy atom. The quantitative estimate of drug-likeness (QED) is 0.909. The highest BCUT2D eigenvalue weighted by molar-refractivity contribution is 5.89. The van der Waals surface area contributed by atoms with Gasteiger partial charge in [0, 0.05) is 11.7 Å². The fourth-order valence-electron chi connectivity index (χ4n) is 2.82. The molecule has 1 aliphatic rings. The van der Waals surface area contributed by atoms with E-state index in [1.807, 2.05) is 12.1 Å². The van der Waals surface area contributed by atoms with Gasteiger partial charge in [-0.15, -0.1) is 0 Å². The molecule has 0 saturated carbocycles. The Hall–Kier alpha value is -2.36. The summed E-state index contributed by atoms with van der Waals surface area (Å²) in [5, 5.41) is 9.08. The van der Waals surface area contributed by atoms with Crippen LogP contribution in [0, 0.1) is 6.92 Å². The minimum Gasteiger partial charge on any atom is -0.478 e. The Kier molecular flexibility index (Phi) is 2.93. The van der Waals surface area contributed by atoms with Crippen LogP contribution >= 0.6 is 0 Å². The largest absolute Gasteiger partial charge is 0.478 e. The number of anilines is 2. The number of carboxylic acids is 1. The zero-order valence-electron chi connectivity index (χ0n) is 11.5. The molecule has 0 amide bonds. The predicted molar refractivity (Wildman–Crippen MR) is 77.7 cm³/mol. The first kappa shape index (κ1) is 12.7. The Bertz CT molecular complexity index is 682. The van der Waals surface area contributed by atoms with Gasteiger partial charge in [0.1, 0.15) is 5.82 Å². The number of benzene rings is 1. The molecule has 1 aromatic heterocycles. The number of nitrogens with zero attached hydrogens (tertiary/aromatic N) is 2. The van der Waals surface area contributed by atoms with Crippen LogP contribution in [-0.4, -0.2) is 22.1 Å². The number of aryl methyl sites for hydroxylation is 1. The summed E-state index contributed by atoms with van der Waals surface area (Å²) < 4.78 is 0. The van der Waals surface area contributed by atoms with Crippen LogP contribution in [0.25, 0.3) is 0 Å². The summed E-state index contributed by atoms with van der Waals surface area (Å²) >= 11 is 0. The van der Waals surface area contributed by atoms with Gasteiger partial charge in [0.25, 0.3) is 0 Å². The van der Waals surface area contributed by atoms with E-state index in [9.17, 15) is 4.79 Å². The van der Waals surface area contributed by atoms with Crippen LogP contribution in [0.3, 0.4) is 0 Å². The van der Waals surface area contributed by atoms with Gasteiger partial charge in [-0.25, -0.2) is 9.78 Å². The molecule has 4 heteroatoms. The third-order valence-electron chi connectivity index (χ3n) is 3.76. The monoisotopic (exact) mass is 268 g/mol. The van der Waals surface area contributed by atoms with Crippen LogP contribution < -0.4 is 4.90 Å². The summed E-state index contributed by atoms with van der Waals surface area (Å²) in [6, 6.07) is 12.0. The Morgan fingerprint density at radius 1 is 1.30 bits per heavy atom. The maximum Gasteiger partial charge on any atom is 0.337 e. The molecule has 3 rings (SSSR count). The summed E-state index contributed by atoms with van der Waals surface area (Å²) in [6.45, 7) is 3.89. The van der Waals surface area contributed by atoms with Crippen molar-refractivity contribution in [2.75, 3.05) is 4.90 Å². The van der Waals surface area contributed by atoms with Gasteiger partial charge in [-0.05, 0) is 44.0 Å².